The van der Waals surface area contributed by atoms with E-state index in [1.165, 1.54) is 0 Å². The van der Waals surface area contributed by atoms with Gasteiger partial charge in [0, 0.05) is 30.2 Å². The van der Waals surface area contributed by atoms with Gasteiger partial charge in [-0.2, -0.15) is 5.10 Å². The molecule has 2 amide bonds. The maximum atomic E-state index is 12.7. The van der Waals surface area contributed by atoms with E-state index in [4.69, 9.17) is 11.6 Å². The number of hydrogen-bond donors (Lipinski definition) is 1. The molecule has 0 atom stereocenters. The summed E-state index contributed by atoms with van der Waals surface area (Å²) in [7, 11) is 1.75. The lowest BCUT2D eigenvalue weighted by atomic mass is 10.0. The Labute approximate surface area is 149 Å². The molecular formula is C18H15ClN4O2. The van der Waals surface area contributed by atoms with Crippen molar-refractivity contribution in [2.24, 2.45) is 0 Å². The van der Waals surface area contributed by atoms with Crippen LogP contribution in [0.4, 0.5) is 5.82 Å². The summed E-state index contributed by atoms with van der Waals surface area (Å²) in [6, 6.07) is 12.5. The second kappa shape index (κ2) is 5.89. The number of anilines is 1. The van der Waals surface area contributed by atoms with Gasteiger partial charge in [0.25, 0.3) is 11.8 Å². The molecule has 1 aromatic heterocycles. The Bertz CT molecular complexity index is 1010. The molecule has 2 heterocycles. The highest BCUT2D eigenvalue weighted by atomic mass is 35.5. The minimum atomic E-state index is -0.274. The van der Waals surface area contributed by atoms with Crippen LogP contribution in [0.2, 0.25) is 5.02 Å². The van der Waals surface area contributed by atoms with E-state index in [-0.39, 0.29) is 11.8 Å². The molecule has 0 radical (unpaired) electrons. The third-order valence-corrected chi connectivity index (χ3v) is 4.56. The van der Waals surface area contributed by atoms with Crippen molar-refractivity contribution in [3.63, 3.8) is 0 Å². The minimum Gasteiger partial charge on any atom is -0.339 e. The molecule has 2 aromatic carbocycles. The first-order valence-corrected chi connectivity index (χ1v) is 8.24. The fraction of sp³-hybridized carbons (Fsp3) is 0.167. The van der Waals surface area contributed by atoms with Gasteiger partial charge in [-0.3, -0.25) is 14.3 Å². The molecular weight excluding hydrogens is 340 g/mol. The van der Waals surface area contributed by atoms with E-state index in [0.29, 0.717) is 35.2 Å². The zero-order chi connectivity index (χ0) is 17.6. The summed E-state index contributed by atoms with van der Waals surface area (Å²) in [6.07, 6.45) is 0. The number of aromatic nitrogens is 2. The monoisotopic (exact) mass is 354 g/mol. The summed E-state index contributed by atoms with van der Waals surface area (Å²) in [5.41, 5.74) is 1.01. The number of likely N-dealkylation sites (N-methyl/N-ethyl adjacent to an activating group) is 1. The Hall–Kier alpha value is -2.86. The normalized spacial score (nSPS) is 13.8. The van der Waals surface area contributed by atoms with Crippen LogP contribution in [0.3, 0.4) is 0 Å². The van der Waals surface area contributed by atoms with E-state index in [2.05, 4.69) is 10.4 Å². The lowest BCUT2D eigenvalue weighted by Crippen LogP contribution is -2.37. The van der Waals surface area contributed by atoms with E-state index >= 15 is 0 Å². The third kappa shape index (κ3) is 2.74. The van der Waals surface area contributed by atoms with Gasteiger partial charge in [-0.1, -0.05) is 29.8 Å². The predicted octanol–water partition coefficient (Wildman–Crippen LogP) is 3.03. The fourth-order valence-electron chi connectivity index (χ4n) is 3.00. The van der Waals surface area contributed by atoms with Crippen LogP contribution in [-0.4, -0.2) is 40.1 Å². The van der Waals surface area contributed by atoms with Crippen molar-refractivity contribution >= 4 is 40.0 Å². The van der Waals surface area contributed by atoms with Crippen molar-refractivity contribution in [2.75, 3.05) is 18.9 Å². The molecule has 0 aliphatic carbocycles. The second-order valence-corrected chi connectivity index (χ2v) is 6.43. The molecule has 126 valence electrons. The van der Waals surface area contributed by atoms with Crippen LogP contribution in [0, 0.1) is 0 Å². The molecule has 0 saturated heterocycles. The van der Waals surface area contributed by atoms with Crippen molar-refractivity contribution in [1.29, 1.82) is 0 Å². The highest BCUT2D eigenvalue weighted by molar-refractivity contribution is 6.31. The minimum absolute atomic E-state index is 0.0981. The quantitative estimate of drug-likeness (QED) is 0.769. The maximum absolute atomic E-state index is 12.7. The summed E-state index contributed by atoms with van der Waals surface area (Å²) < 4.78 is 1.63. The van der Waals surface area contributed by atoms with E-state index in [1.807, 2.05) is 24.3 Å². The van der Waals surface area contributed by atoms with Crippen molar-refractivity contribution in [3.8, 4) is 0 Å². The Morgan fingerprint density at radius 1 is 1.20 bits per heavy atom. The van der Waals surface area contributed by atoms with Gasteiger partial charge in [-0.05, 0) is 29.0 Å². The number of benzene rings is 2. The number of fused-ring (bicyclic) bond motifs is 2. The van der Waals surface area contributed by atoms with Gasteiger partial charge in [0.05, 0.1) is 6.54 Å². The van der Waals surface area contributed by atoms with E-state index < -0.39 is 0 Å². The van der Waals surface area contributed by atoms with Crippen LogP contribution in [-0.2, 0) is 6.54 Å². The molecule has 25 heavy (non-hydrogen) atoms. The van der Waals surface area contributed by atoms with Crippen LogP contribution in [0.5, 0.6) is 0 Å². The molecule has 1 aliphatic heterocycles. The van der Waals surface area contributed by atoms with Gasteiger partial charge in [0.15, 0.2) is 5.82 Å². The van der Waals surface area contributed by atoms with Crippen LogP contribution in [0.15, 0.2) is 42.5 Å². The highest BCUT2D eigenvalue weighted by Gasteiger charge is 2.24. The predicted molar refractivity (Wildman–Crippen MR) is 96.1 cm³/mol. The molecule has 7 heteroatoms. The number of carbonyl (C=O) groups is 2. The first-order valence-electron chi connectivity index (χ1n) is 7.86. The molecule has 3 aromatic rings. The lowest BCUT2D eigenvalue weighted by Gasteiger charge is -2.22. The number of amides is 2. The molecule has 0 saturated carbocycles. The number of hydrogen-bond acceptors (Lipinski definition) is 3. The van der Waals surface area contributed by atoms with E-state index in [1.54, 1.807) is 34.8 Å². The van der Waals surface area contributed by atoms with Gasteiger partial charge in [0.2, 0.25) is 0 Å². The zero-order valence-corrected chi connectivity index (χ0v) is 14.2. The molecule has 6 nitrogen and oxygen atoms in total. The molecule has 1 N–H and O–H groups in total. The summed E-state index contributed by atoms with van der Waals surface area (Å²) in [6.45, 7) is 1.21. The summed E-state index contributed by atoms with van der Waals surface area (Å²) in [4.78, 5) is 26.5. The van der Waals surface area contributed by atoms with E-state index in [9.17, 15) is 9.59 Å². The molecule has 0 fully saturated rings. The standard InChI is InChI=1S/C18H15ClN4O2/c1-22-7-8-23-15(18(22)25)10-16(21-23)20-17(24)14-4-2-3-11-9-12(19)5-6-13(11)14/h2-6,9-10H,7-8H2,1H3,(H,20,21,24). The molecule has 1 aliphatic rings. The summed E-state index contributed by atoms with van der Waals surface area (Å²) >= 11 is 6.01. The Balaban J connectivity index is 1.65. The zero-order valence-electron chi connectivity index (χ0n) is 13.5. The smallest absolute Gasteiger partial charge is 0.272 e. The van der Waals surface area contributed by atoms with Crippen LogP contribution >= 0.6 is 11.6 Å². The number of nitrogens with one attached hydrogen (secondary N) is 1. The largest absolute Gasteiger partial charge is 0.339 e. The Kier molecular flexibility index (Phi) is 3.69. The third-order valence-electron chi connectivity index (χ3n) is 4.32. The molecule has 0 bridgehead atoms. The van der Waals surface area contributed by atoms with Gasteiger partial charge in [-0.25, -0.2) is 0 Å². The average molecular weight is 355 g/mol. The fourth-order valence-corrected chi connectivity index (χ4v) is 3.18. The molecule has 0 unspecified atom stereocenters. The van der Waals surface area contributed by atoms with Gasteiger partial charge in [-0.15, -0.1) is 0 Å². The van der Waals surface area contributed by atoms with Crippen LogP contribution < -0.4 is 5.32 Å². The second-order valence-electron chi connectivity index (χ2n) is 5.99. The SMILES string of the molecule is CN1CCn2nc(NC(=O)c3cccc4cc(Cl)ccc34)cc2C1=O. The highest BCUT2D eigenvalue weighted by Crippen LogP contribution is 2.24. The summed E-state index contributed by atoms with van der Waals surface area (Å²) in [5, 5.41) is 9.41. The van der Waals surface area contributed by atoms with Gasteiger partial charge < -0.3 is 10.2 Å². The topological polar surface area (TPSA) is 67.2 Å². The Morgan fingerprint density at radius 2 is 2.04 bits per heavy atom. The summed E-state index contributed by atoms with van der Waals surface area (Å²) in [5.74, 6) is -0.00200. The van der Waals surface area contributed by atoms with Crippen LogP contribution in [0.1, 0.15) is 20.8 Å². The maximum Gasteiger partial charge on any atom is 0.272 e. The molecule has 4 rings (SSSR count). The number of rotatable bonds is 2. The van der Waals surface area contributed by atoms with Crippen LogP contribution in [0.25, 0.3) is 10.8 Å². The van der Waals surface area contributed by atoms with Crippen molar-refractivity contribution in [1.82, 2.24) is 14.7 Å². The van der Waals surface area contributed by atoms with Crippen molar-refractivity contribution < 1.29 is 9.59 Å². The first kappa shape index (κ1) is 15.7. The van der Waals surface area contributed by atoms with Crippen molar-refractivity contribution in [2.45, 2.75) is 6.54 Å². The molecule has 0 spiro atoms. The average Bonchev–Trinajstić information content (AvgIpc) is 3.00. The first-order chi connectivity index (χ1) is 12.0. The van der Waals surface area contributed by atoms with Gasteiger partial charge in [0.1, 0.15) is 5.69 Å². The number of halogens is 1. The van der Waals surface area contributed by atoms with Crippen molar-refractivity contribution in [3.05, 3.63) is 58.7 Å². The van der Waals surface area contributed by atoms with E-state index in [0.717, 1.165) is 10.8 Å². The Morgan fingerprint density at radius 3 is 2.88 bits per heavy atom. The number of nitrogens with zero attached hydrogens (tertiary/aromatic N) is 3. The number of carbonyl (C=O) groups excluding carboxylic acids is 2. The van der Waals surface area contributed by atoms with Gasteiger partial charge >= 0.3 is 0 Å². The lowest BCUT2D eigenvalue weighted by molar-refractivity contribution is 0.0742.